The van der Waals surface area contributed by atoms with Crippen LogP contribution in [-0.2, 0) is 7.05 Å². The van der Waals surface area contributed by atoms with E-state index in [4.69, 9.17) is 4.74 Å². The summed E-state index contributed by atoms with van der Waals surface area (Å²) in [5, 5.41) is 31.4. The van der Waals surface area contributed by atoms with Gasteiger partial charge in [0.1, 0.15) is 23.9 Å². The fraction of sp³-hybridized carbons (Fsp3) is 0.645. The van der Waals surface area contributed by atoms with Crippen molar-refractivity contribution in [3.05, 3.63) is 40.1 Å². The van der Waals surface area contributed by atoms with Crippen molar-refractivity contribution >= 4 is 18.4 Å². The van der Waals surface area contributed by atoms with Crippen LogP contribution in [0.25, 0.3) is 5.69 Å². The maximum absolute atomic E-state index is 15.6. The molecule has 0 radical (unpaired) electrons. The van der Waals surface area contributed by atoms with Gasteiger partial charge in [0.25, 0.3) is 0 Å². The molecule has 0 bridgehead atoms. The molecular formula is C31H47F2N9O4. The Bertz CT molecular complexity index is 1550. The molecule has 0 spiro atoms. The molecule has 3 heterocycles. The second kappa shape index (κ2) is 13.2. The Kier molecular flexibility index (Phi) is 10.1. The van der Waals surface area contributed by atoms with Crippen LogP contribution >= 0.6 is 0 Å². The van der Waals surface area contributed by atoms with Crippen LogP contribution in [0, 0.1) is 5.82 Å². The molecule has 254 valence electrons. The number of aromatic nitrogens is 4. The topological polar surface area (TPSA) is 146 Å². The van der Waals surface area contributed by atoms with Crippen LogP contribution in [0.2, 0.25) is 0 Å². The minimum Gasteiger partial charge on any atom is -0.488 e. The molecule has 2 saturated heterocycles. The fourth-order valence-corrected chi connectivity index (χ4v) is 6.30. The third-order valence-electron chi connectivity index (χ3n) is 8.20. The van der Waals surface area contributed by atoms with Crippen LogP contribution < -0.4 is 15.7 Å². The third-order valence-corrected chi connectivity index (χ3v) is 8.20. The maximum atomic E-state index is 15.6. The second-order valence-electron chi connectivity index (χ2n) is 14.1. The third kappa shape index (κ3) is 8.17. The number of hydrogen-bond acceptors (Lipinski definition) is 9. The highest BCUT2D eigenvalue weighted by atomic mass is 19.1. The van der Waals surface area contributed by atoms with Crippen molar-refractivity contribution in [3.8, 4) is 11.4 Å². The first-order chi connectivity index (χ1) is 21.3. The predicted molar refractivity (Wildman–Crippen MR) is 173 cm³/mol. The Morgan fingerprint density at radius 2 is 1.93 bits per heavy atom. The van der Waals surface area contributed by atoms with Crippen LogP contribution in [0.5, 0.6) is 5.75 Å². The predicted octanol–water partition coefficient (Wildman–Crippen LogP) is 3.36. The summed E-state index contributed by atoms with van der Waals surface area (Å²) in [7, 11) is 1.41. The Morgan fingerprint density at radius 1 is 1.24 bits per heavy atom. The molecule has 13 nitrogen and oxygen atoms in total. The maximum Gasteiger partial charge on any atom is 0.368 e. The molecule has 2 aromatic rings. The lowest BCUT2D eigenvalue weighted by molar-refractivity contribution is -0.0210. The number of aryl methyl sites for hydroxylation is 1. The van der Waals surface area contributed by atoms with Gasteiger partial charge in [0.05, 0.1) is 16.9 Å². The number of fused-ring (bicyclic) bond motifs is 1. The summed E-state index contributed by atoms with van der Waals surface area (Å²) in [6, 6.07) is 2.47. The van der Waals surface area contributed by atoms with Gasteiger partial charge in [0.15, 0.2) is 11.6 Å². The number of tetrazole rings is 1. The zero-order valence-corrected chi connectivity index (χ0v) is 28.0. The van der Waals surface area contributed by atoms with E-state index in [1.807, 2.05) is 0 Å². The minimum absolute atomic E-state index is 0.0290. The standard InChI is InChI=1S/C31H47F2N9O4/c1-19(32)26(40(17-30(4,5)44)21-13-20-11-10-12-41(20)29(2,3)16-21)36-27(34-8)35-23-15-24(42-28(43)39(9)37-38-42)25(14-22(23)33)46-18-31(6,7)45/h14-15,20-21,44-45H,8,10-13,16-18H2,1-7,9H3,(H,35,36)/b26-19-/t20-,21+/m0/s1. The molecular weight excluding hydrogens is 600 g/mol. The molecule has 0 unspecified atom stereocenters. The smallest absolute Gasteiger partial charge is 0.368 e. The van der Waals surface area contributed by atoms with Crippen LogP contribution in [0.1, 0.15) is 74.1 Å². The number of ether oxygens (including phenoxy) is 1. The van der Waals surface area contributed by atoms with Gasteiger partial charge in [-0.2, -0.15) is 14.4 Å². The van der Waals surface area contributed by atoms with Gasteiger partial charge in [-0.1, -0.05) is 0 Å². The summed E-state index contributed by atoms with van der Waals surface area (Å²) < 4.78 is 38.6. The summed E-state index contributed by atoms with van der Waals surface area (Å²) >= 11 is 0. The average molecular weight is 648 g/mol. The number of hydrogen-bond donors (Lipinski definition) is 3. The molecule has 1 aromatic heterocycles. The molecule has 3 N–H and O–H groups in total. The van der Waals surface area contributed by atoms with Crippen LogP contribution in [-0.4, -0.2) is 101 Å². The molecule has 15 heteroatoms. The summed E-state index contributed by atoms with van der Waals surface area (Å²) in [5.74, 6) is -1.77. The molecule has 0 amide bonds. The van der Waals surface area contributed by atoms with Crippen molar-refractivity contribution in [2.24, 2.45) is 17.0 Å². The van der Waals surface area contributed by atoms with Crippen molar-refractivity contribution < 1.29 is 23.7 Å². The lowest BCUT2D eigenvalue weighted by Crippen LogP contribution is -2.58. The molecule has 0 saturated carbocycles. The van der Waals surface area contributed by atoms with E-state index in [1.165, 1.54) is 33.9 Å². The number of anilines is 1. The highest BCUT2D eigenvalue weighted by Crippen LogP contribution is 2.41. The van der Waals surface area contributed by atoms with Gasteiger partial charge >= 0.3 is 5.69 Å². The van der Waals surface area contributed by atoms with E-state index in [0.717, 1.165) is 41.2 Å². The summed E-state index contributed by atoms with van der Waals surface area (Å²) in [6.45, 7) is 16.5. The molecule has 4 rings (SSSR count). The first-order valence-corrected chi connectivity index (χ1v) is 15.4. The molecule has 2 aliphatic rings. The van der Waals surface area contributed by atoms with Gasteiger partial charge in [0.2, 0.25) is 5.96 Å². The number of allylic oxidation sites excluding steroid dienone is 1. The summed E-state index contributed by atoms with van der Waals surface area (Å²) in [4.78, 5) is 25.4. The number of piperidine rings is 1. The van der Waals surface area contributed by atoms with Crippen LogP contribution in [0.4, 0.5) is 14.5 Å². The number of guanidine groups is 1. The second-order valence-corrected chi connectivity index (χ2v) is 14.1. The lowest BCUT2D eigenvalue weighted by atomic mass is 9.82. The van der Waals surface area contributed by atoms with E-state index < -0.39 is 28.5 Å². The SMILES string of the molecule is C=N/C(=N\C(=C(/C)F)N(CC(C)(C)O)[C@@H]1C[C@@H]2CCCN2C(C)(C)C1)Nc1cc(-n2nnn(C)c2=O)c(OCC(C)(C)O)cc1F. The molecule has 0 aliphatic carbocycles. The molecule has 1 aromatic carbocycles. The van der Waals surface area contributed by atoms with Crippen LogP contribution in [0.15, 0.2) is 38.6 Å². The average Bonchev–Trinajstić information content (AvgIpc) is 3.55. The summed E-state index contributed by atoms with van der Waals surface area (Å²) in [6.07, 6.45) is 3.62. The molecule has 2 atom stereocenters. The first-order valence-electron chi connectivity index (χ1n) is 15.4. The highest BCUT2D eigenvalue weighted by Gasteiger charge is 2.45. The number of nitrogens with one attached hydrogen (secondary N) is 1. The number of aliphatic imine (C=N–C) groups is 2. The highest BCUT2D eigenvalue weighted by molar-refractivity contribution is 5.97. The Balaban J connectivity index is 1.74. The Morgan fingerprint density at radius 3 is 2.50 bits per heavy atom. The van der Waals surface area contributed by atoms with Crippen molar-refractivity contribution in [1.29, 1.82) is 0 Å². The minimum atomic E-state index is -1.25. The van der Waals surface area contributed by atoms with Crippen LogP contribution in [0.3, 0.4) is 0 Å². The number of rotatable bonds is 10. The van der Waals surface area contributed by atoms with E-state index >= 15 is 8.78 Å². The van der Waals surface area contributed by atoms with Crippen molar-refractivity contribution in [1.82, 2.24) is 29.6 Å². The monoisotopic (exact) mass is 647 g/mol. The van der Waals surface area contributed by atoms with Gasteiger partial charge in [-0.3, -0.25) is 4.90 Å². The largest absolute Gasteiger partial charge is 0.488 e. The van der Waals surface area contributed by atoms with Gasteiger partial charge < -0.3 is 25.2 Å². The quantitative estimate of drug-likeness (QED) is 0.261. The number of aliphatic hydroxyl groups is 2. The summed E-state index contributed by atoms with van der Waals surface area (Å²) in [5.41, 5.74) is -3.37. The Labute approximate surface area is 268 Å². The van der Waals surface area contributed by atoms with E-state index in [0.29, 0.717) is 12.5 Å². The van der Waals surface area contributed by atoms with E-state index in [2.05, 4.69) is 51.2 Å². The van der Waals surface area contributed by atoms with Gasteiger partial charge in [-0.25, -0.2) is 18.6 Å². The normalized spacial score (nSPS) is 21.1. The molecule has 46 heavy (non-hydrogen) atoms. The van der Waals surface area contributed by atoms with Crippen molar-refractivity contribution in [3.63, 3.8) is 0 Å². The first kappa shape index (κ1) is 35.2. The number of nitrogens with zero attached hydrogens (tertiary/aromatic N) is 8. The van der Waals surface area contributed by atoms with E-state index in [1.54, 1.807) is 18.7 Å². The van der Waals surface area contributed by atoms with E-state index in [9.17, 15) is 15.0 Å². The zero-order chi connectivity index (χ0) is 34.2. The Hall–Kier alpha value is -3.69. The molecule has 2 aliphatic heterocycles. The van der Waals surface area contributed by atoms with Gasteiger partial charge in [-0.05, 0) is 104 Å². The zero-order valence-electron chi connectivity index (χ0n) is 28.0. The van der Waals surface area contributed by atoms with Crippen molar-refractivity contribution in [2.75, 3.05) is 25.0 Å². The van der Waals surface area contributed by atoms with Crippen molar-refractivity contribution in [2.45, 2.75) is 103 Å². The van der Waals surface area contributed by atoms with Gasteiger partial charge in [0, 0.05) is 37.3 Å². The molecule has 2 fully saturated rings. The van der Waals surface area contributed by atoms with Gasteiger partial charge in [-0.15, -0.1) is 0 Å². The van der Waals surface area contributed by atoms with E-state index in [-0.39, 0.29) is 53.6 Å². The number of halogens is 2. The number of benzene rings is 1. The fourth-order valence-electron chi connectivity index (χ4n) is 6.30. The lowest BCUT2D eigenvalue weighted by Gasteiger charge is -2.51.